The standard InChI is InChI=1S/C18H28O2/c1-5-7-8-16(6-2)12-20-13-18(19)17-10-9-14(3)15(4)11-17/h9-11,16H,5-8,12-13H2,1-4H3. The van der Waals surface area contributed by atoms with E-state index in [1.54, 1.807) is 0 Å². The Morgan fingerprint density at radius 3 is 2.55 bits per heavy atom. The molecule has 1 rings (SSSR count). The van der Waals surface area contributed by atoms with Gasteiger partial charge in [0.15, 0.2) is 5.78 Å². The second-order valence-electron chi connectivity index (χ2n) is 5.65. The van der Waals surface area contributed by atoms with E-state index in [0.717, 1.165) is 17.5 Å². The maximum Gasteiger partial charge on any atom is 0.188 e. The number of hydrogen-bond acceptors (Lipinski definition) is 2. The maximum atomic E-state index is 12.1. The van der Waals surface area contributed by atoms with Crippen LogP contribution in [0.25, 0.3) is 0 Å². The van der Waals surface area contributed by atoms with Gasteiger partial charge in [0, 0.05) is 12.2 Å². The van der Waals surface area contributed by atoms with Crippen molar-refractivity contribution in [2.24, 2.45) is 5.92 Å². The molecule has 0 aliphatic carbocycles. The fourth-order valence-electron chi connectivity index (χ4n) is 2.21. The van der Waals surface area contributed by atoms with Gasteiger partial charge in [0.05, 0.1) is 0 Å². The summed E-state index contributed by atoms with van der Waals surface area (Å²) in [6.07, 6.45) is 4.79. The van der Waals surface area contributed by atoms with Gasteiger partial charge >= 0.3 is 0 Å². The second kappa shape index (κ2) is 8.91. The largest absolute Gasteiger partial charge is 0.373 e. The molecule has 0 aromatic heterocycles. The minimum atomic E-state index is 0.0819. The van der Waals surface area contributed by atoms with Crippen LogP contribution < -0.4 is 0 Å². The van der Waals surface area contributed by atoms with Gasteiger partial charge in [-0.25, -0.2) is 0 Å². The molecule has 0 fully saturated rings. The zero-order valence-electron chi connectivity index (χ0n) is 13.4. The summed E-state index contributed by atoms with van der Waals surface area (Å²) in [6, 6.07) is 5.84. The van der Waals surface area contributed by atoms with Crippen LogP contribution in [0.15, 0.2) is 18.2 Å². The smallest absolute Gasteiger partial charge is 0.188 e. The van der Waals surface area contributed by atoms with E-state index >= 15 is 0 Å². The number of rotatable bonds is 9. The van der Waals surface area contributed by atoms with Crippen LogP contribution in [0.5, 0.6) is 0 Å². The van der Waals surface area contributed by atoms with Crippen molar-refractivity contribution in [1.82, 2.24) is 0 Å². The first-order valence-corrected chi connectivity index (χ1v) is 7.76. The lowest BCUT2D eigenvalue weighted by Gasteiger charge is -2.14. The number of aryl methyl sites for hydroxylation is 2. The van der Waals surface area contributed by atoms with Gasteiger partial charge in [0.2, 0.25) is 0 Å². The van der Waals surface area contributed by atoms with Crippen LogP contribution in [0.4, 0.5) is 0 Å². The van der Waals surface area contributed by atoms with Gasteiger partial charge in [0.25, 0.3) is 0 Å². The molecule has 1 aromatic rings. The molecule has 0 radical (unpaired) electrons. The number of carbonyl (C=O) groups excluding carboxylic acids is 1. The van der Waals surface area contributed by atoms with Crippen molar-refractivity contribution < 1.29 is 9.53 Å². The molecule has 1 aromatic carbocycles. The summed E-state index contributed by atoms with van der Waals surface area (Å²) in [6.45, 7) is 9.38. The highest BCUT2D eigenvalue weighted by Crippen LogP contribution is 2.14. The second-order valence-corrected chi connectivity index (χ2v) is 5.65. The van der Waals surface area contributed by atoms with Crippen LogP contribution in [0, 0.1) is 19.8 Å². The summed E-state index contributed by atoms with van der Waals surface area (Å²) in [5, 5.41) is 0. The molecule has 2 nitrogen and oxygen atoms in total. The van der Waals surface area contributed by atoms with E-state index in [4.69, 9.17) is 4.74 Å². The van der Waals surface area contributed by atoms with Crippen molar-refractivity contribution in [2.45, 2.75) is 53.4 Å². The molecule has 1 atom stereocenters. The molecule has 2 heteroatoms. The topological polar surface area (TPSA) is 26.3 Å². The lowest BCUT2D eigenvalue weighted by Crippen LogP contribution is -2.15. The van der Waals surface area contributed by atoms with Crippen molar-refractivity contribution >= 4 is 5.78 Å². The van der Waals surface area contributed by atoms with Gasteiger partial charge in [-0.05, 0) is 43.4 Å². The van der Waals surface area contributed by atoms with Crippen LogP contribution in [0.3, 0.4) is 0 Å². The highest BCUT2D eigenvalue weighted by atomic mass is 16.5. The summed E-state index contributed by atoms with van der Waals surface area (Å²) in [7, 11) is 0. The molecule has 1 unspecified atom stereocenters. The zero-order valence-corrected chi connectivity index (χ0v) is 13.4. The highest BCUT2D eigenvalue weighted by Gasteiger charge is 2.10. The molecule has 20 heavy (non-hydrogen) atoms. The Balaban J connectivity index is 2.40. The summed E-state index contributed by atoms with van der Waals surface area (Å²) in [5.41, 5.74) is 3.13. The average molecular weight is 276 g/mol. The Kier molecular flexibility index (Phi) is 7.53. The SMILES string of the molecule is CCCCC(CC)COCC(=O)c1ccc(C)c(C)c1. The molecule has 0 aliphatic heterocycles. The fraction of sp³-hybridized carbons (Fsp3) is 0.611. The van der Waals surface area contributed by atoms with Gasteiger partial charge in [0.1, 0.15) is 6.61 Å². The molecular weight excluding hydrogens is 248 g/mol. The van der Waals surface area contributed by atoms with Crippen LogP contribution in [-0.2, 0) is 4.74 Å². The molecule has 0 spiro atoms. The Bertz CT molecular complexity index is 423. The van der Waals surface area contributed by atoms with E-state index in [9.17, 15) is 4.79 Å². The summed E-state index contributed by atoms with van der Waals surface area (Å²) < 4.78 is 5.62. The first-order valence-electron chi connectivity index (χ1n) is 7.76. The van der Waals surface area contributed by atoms with E-state index in [-0.39, 0.29) is 12.4 Å². The maximum absolute atomic E-state index is 12.1. The van der Waals surface area contributed by atoms with Crippen LogP contribution >= 0.6 is 0 Å². The van der Waals surface area contributed by atoms with Crippen molar-refractivity contribution in [3.8, 4) is 0 Å². The minimum absolute atomic E-state index is 0.0819. The quantitative estimate of drug-likeness (QED) is 0.610. The number of benzene rings is 1. The highest BCUT2D eigenvalue weighted by molar-refractivity contribution is 5.97. The number of Topliss-reactive ketones (excluding diaryl/α,β-unsaturated/α-hetero) is 1. The Morgan fingerprint density at radius 1 is 1.20 bits per heavy atom. The number of carbonyl (C=O) groups is 1. The molecule has 112 valence electrons. The third kappa shape index (κ3) is 5.46. The lowest BCUT2D eigenvalue weighted by molar-refractivity contribution is 0.0658. The molecule has 0 aliphatic rings. The van der Waals surface area contributed by atoms with Gasteiger partial charge in [-0.3, -0.25) is 4.79 Å². The first kappa shape index (κ1) is 16.9. The lowest BCUT2D eigenvalue weighted by atomic mass is 10.0. The van der Waals surface area contributed by atoms with Crippen molar-refractivity contribution in [3.63, 3.8) is 0 Å². The molecule has 0 saturated heterocycles. The minimum Gasteiger partial charge on any atom is -0.373 e. The fourth-order valence-corrected chi connectivity index (χ4v) is 2.21. The summed E-state index contributed by atoms with van der Waals surface area (Å²) in [5.74, 6) is 0.668. The van der Waals surface area contributed by atoms with E-state index in [1.165, 1.54) is 24.8 Å². The summed E-state index contributed by atoms with van der Waals surface area (Å²) >= 11 is 0. The molecule has 0 saturated carbocycles. The molecule has 0 N–H and O–H groups in total. The van der Waals surface area contributed by atoms with E-state index in [2.05, 4.69) is 20.8 Å². The monoisotopic (exact) mass is 276 g/mol. The van der Waals surface area contributed by atoms with Crippen LogP contribution in [-0.4, -0.2) is 19.0 Å². The summed E-state index contributed by atoms with van der Waals surface area (Å²) in [4.78, 5) is 12.1. The third-order valence-corrected chi connectivity index (χ3v) is 3.96. The Morgan fingerprint density at radius 2 is 1.95 bits per heavy atom. The van der Waals surface area contributed by atoms with Crippen LogP contribution in [0.1, 0.15) is 61.0 Å². The van der Waals surface area contributed by atoms with Gasteiger partial charge in [-0.15, -0.1) is 0 Å². The van der Waals surface area contributed by atoms with E-state index in [0.29, 0.717) is 12.5 Å². The number of unbranched alkanes of at least 4 members (excludes halogenated alkanes) is 1. The molecule has 0 heterocycles. The predicted molar refractivity (Wildman–Crippen MR) is 84.4 cm³/mol. The number of ketones is 1. The molecule has 0 bridgehead atoms. The molecular formula is C18H28O2. The molecule has 0 amide bonds. The van der Waals surface area contributed by atoms with Crippen LogP contribution in [0.2, 0.25) is 0 Å². The predicted octanol–water partition coefficient (Wildman–Crippen LogP) is 4.72. The average Bonchev–Trinajstić information content (AvgIpc) is 2.45. The van der Waals surface area contributed by atoms with E-state index < -0.39 is 0 Å². The van der Waals surface area contributed by atoms with Crippen molar-refractivity contribution in [1.29, 1.82) is 0 Å². The van der Waals surface area contributed by atoms with Gasteiger partial charge in [-0.2, -0.15) is 0 Å². The van der Waals surface area contributed by atoms with E-state index in [1.807, 2.05) is 25.1 Å². The number of ether oxygens (including phenoxy) is 1. The first-order chi connectivity index (χ1) is 9.58. The third-order valence-electron chi connectivity index (χ3n) is 3.96. The normalized spacial score (nSPS) is 12.4. The zero-order chi connectivity index (χ0) is 15.0. The van der Waals surface area contributed by atoms with Gasteiger partial charge in [-0.1, -0.05) is 45.2 Å². The van der Waals surface area contributed by atoms with Crippen molar-refractivity contribution in [2.75, 3.05) is 13.2 Å². The van der Waals surface area contributed by atoms with Gasteiger partial charge < -0.3 is 4.74 Å². The Hall–Kier alpha value is -1.15. The van der Waals surface area contributed by atoms with Crippen molar-refractivity contribution in [3.05, 3.63) is 34.9 Å². The Labute approximate surface area is 123 Å². The number of hydrogen-bond donors (Lipinski definition) is 0.